The zero-order chi connectivity index (χ0) is 11.2. The van der Waals surface area contributed by atoms with Crippen molar-refractivity contribution in [2.45, 2.75) is 20.3 Å². The molecule has 0 spiro atoms. The molecule has 1 atom stereocenters. The van der Waals surface area contributed by atoms with Crippen molar-refractivity contribution in [2.75, 3.05) is 13.2 Å². The second kappa shape index (κ2) is 11.7. The van der Waals surface area contributed by atoms with E-state index in [4.69, 9.17) is 0 Å². The van der Waals surface area contributed by atoms with Crippen LogP contribution in [0.15, 0.2) is 0 Å². The summed E-state index contributed by atoms with van der Waals surface area (Å²) in [6, 6.07) is 0. The standard InChI is InChI=1S/C7H15O6P.2Na/c1-3-6(2)7(8)12-4-5-13-14(9,10)11;;/h6H,3-5H2,1-2H3,(H2,9,10,11);;/q;2*+1/p-2. The van der Waals surface area contributed by atoms with Crippen molar-refractivity contribution in [3.05, 3.63) is 0 Å². The zero-order valence-corrected chi connectivity index (χ0v) is 15.0. The van der Waals surface area contributed by atoms with E-state index in [-0.39, 0.29) is 71.6 Å². The van der Waals surface area contributed by atoms with Crippen LogP contribution in [-0.2, 0) is 18.6 Å². The first-order chi connectivity index (χ1) is 6.37. The fraction of sp³-hybridized carbons (Fsp3) is 0.857. The molecule has 0 radical (unpaired) electrons. The van der Waals surface area contributed by atoms with Gasteiger partial charge in [0.05, 0.1) is 20.3 Å². The van der Waals surface area contributed by atoms with Gasteiger partial charge >= 0.3 is 65.1 Å². The average molecular weight is 270 g/mol. The van der Waals surface area contributed by atoms with Crippen LogP contribution in [0.5, 0.6) is 0 Å². The molecule has 0 fully saturated rings. The molecule has 0 aliphatic rings. The van der Waals surface area contributed by atoms with E-state index >= 15 is 0 Å². The molecule has 84 valence electrons. The first-order valence-corrected chi connectivity index (χ1v) is 5.66. The summed E-state index contributed by atoms with van der Waals surface area (Å²) < 4.78 is 18.5. The van der Waals surface area contributed by atoms with Gasteiger partial charge < -0.3 is 23.6 Å². The Hall–Kier alpha value is 1.58. The normalized spacial score (nSPS) is 12.0. The Morgan fingerprint density at radius 1 is 1.31 bits per heavy atom. The van der Waals surface area contributed by atoms with Gasteiger partial charge in [-0.05, 0) is 6.42 Å². The zero-order valence-electron chi connectivity index (χ0n) is 10.1. The first-order valence-electron chi connectivity index (χ1n) is 4.20. The number of hydrogen-bond acceptors (Lipinski definition) is 6. The number of carbonyl (C=O) groups excluding carboxylic acids is 1. The summed E-state index contributed by atoms with van der Waals surface area (Å²) in [4.78, 5) is 30.9. The van der Waals surface area contributed by atoms with Gasteiger partial charge in [-0.15, -0.1) is 0 Å². The minimum Gasteiger partial charge on any atom is -0.790 e. The number of phosphoric ester groups is 1. The summed E-state index contributed by atoms with van der Waals surface area (Å²) in [5.41, 5.74) is 0. The van der Waals surface area contributed by atoms with Gasteiger partial charge in [-0.1, -0.05) is 13.8 Å². The molecule has 0 aromatic rings. The molecule has 0 rings (SSSR count). The molecule has 0 bridgehead atoms. The van der Waals surface area contributed by atoms with Gasteiger partial charge in [0.25, 0.3) is 0 Å². The van der Waals surface area contributed by atoms with E-state index in [2.05, 4.69) is 9.26 Å². The molecule has 0 aliphatic carbocycles. The van der Waals surface area contributed by atoms with Crippen LogP contribution >= 0.6 is 7.82 Å². The Labute approximate surface area is 139 Å². The third kappa shape index (κ3) is 13.6. The SMILES string of the molecule is CCC(C)C(=O)OCCOP(=O)([O-])[O-].[Na+].[Na+]. The smallest absolute Gasteiger partial charge is 0.790 e. The molecule has 0 aromatic carbocycles. The van der Waals surface area contributed by atoms with E-state index in [1.165, 1.54) is 0 Å². The van der Waals surface area contributed by atoms with E-state index in [1.807, 2.05) is 6.92 Å². The second-order valence-electron chi connectivity index (χ2n) is 2.76. The van der Waals surface area contributed by atoms with Crippen LogP contribution < -0.4 is 68.9 Å². The van der Waals surface area contributed by atoms with E-state index in [1.54, 1.807) is 6.92 Å². The fourth-order valence-electron chi connectivity index (χ4n) is 0.600. The van der Waals surface area contributed by atoms with Gasteiger partial charge in [0.1, 0.15) is 6.61 Å². The van der Waals surface area contributed by atoms with E-state index < -0.39 is 20.4 Å². The maximum Gasteiger partial charge on any atom is 1.00 e. The molecule has 0 N–H and O–H groups in total. The summed E-state index contributed by atoms with van der Waals surface area (Å²) in [7, 11) is -4.95. The Morgan fingerprint density at radius 2 is 1.81 bits per heavy atom. The molecular weight excluding hydrogens is 257 g/mol. The minimum atomic E-state index is -4.95. The van der Waals surface area contributed by atoms with Crippen LogP contribution in [-0.4, -0.2) is 19.2 Å². The third-order valence-corrected chi connectivity index (χ3v) is 2.09. The number of ether oxygens (including phenoxy) is 1. The fourth-order valence-corrected chi connectivity index (χ4v) is 0.898. The average Bonchev–Trinajstić information content (AvgIpc) is 2.09. The van der Waals surface area contributed by atoms with Gasteiger partial charge in [0, 0.05) is 0 Å². The van der Waals surface area contributed by atoms with Crippen LogP contribution in [0.1, 0.15) is 20.3 Å². The van der Waals surface area contributed by atoms with Crippen LogP contribution in [0, 0.1) is 5.92 Å². The number of esters is 1. The number of phosphoric acid groups is 1. The van der Waals surface area contributed by atoms with Gasteiger partial charge in [-0.2, -0.15) is 0 Å². The largest absolute Gasteiger partial charge is 1.00 e. The van der Waals surface area contributed by atoms with Crippen molar-refractivity contribution in [1.29, 1.82) is 0 Å². The molecule has 0 saturated heterocycles. The van der Waals surface area contributed by atoms with Crippen LogP contribution in [0.4, 0.5) is 0 Å². The summed E-state index contributed by atoms with van der Waals surface area (Å²) in [5.74, 6) is -0.663. The van der Waals surface area contributed by atoms with E-state index in [9.17, 15) is 19.1 Å². The third-order valence-electron chi connectivity index (χ3n) is 1.59. The maximum absolute atomic E-state index is 11.0. The Bertz CT molecular complexity index is 231. The molecule has 0 aliphatic heterocycles. The topological polar surface area (TPSA) is 98.7 Å². The molecule has 0 aromatic heterocycles. The molecule has 9 heteroatoms. The summed E-state index contributed by atoms with van der Waals surface area (Å²) >= 11 is 0. The predicted molar refractivity (Wildman–Crippen MR) is 44.0 cm³/mol. The summed E-state index contributed by atoms with van der Waals surface area (Å²) in [6.07, 6.45) is 0.640. The van der Waals surface area contributed by atoms with Crippen molar-refractivity contribution < 1.29 is 87.5 Å². The Kier molecular flexibility index (Phi) is 16.6. The molecular formula is C7H13Na2O6P. The van der Waals surface area contributed by atoms with Crippen LogP contribution in [0.2, 0.25) is 0 Å². The monoisotopic (exact) mass is 270 g/mol. The van der Waals surface area contributed by atoms with Gasteiger partial charge in [-0.25, -0.2) is 0 Å². The quantitative estimate of drug-likeness (QED) is 0.206. The van der Waals surface area contributed by atoms with Crippen LogP contribution in [0.3, 0.4) is 0 Å². The summed E-state index contributed by atoms with van der Waals surface area (Å²) in [6.45, 7) is 2.87. The molecule has 0 amide bonds. The molecule has 0 heterocycles. The van der Waals surface area contributed by atoms with Gasteiger partial charge in [-0.3, -0.25) is 4.79 Å². The van der Waals surface area contributed by atoms with E-state index in [0.29, 0.717) is 6.42 Å². The number of hydrogen-bond donors (Lipinski definition) is 0. The minimum absolute atomic E-state index is 0. The van der Waals surface area contributed by atoms with Crippen LogP contribution in [0.25, 0.3) is 0 Å². The van der Waals surface area contributed by atoms with Crippen molar-refractivity contribution in [1.82, 2.24) is 0 Å². The Balaban J connectivity index is -0.000000845. The number of rotatable bonds is 6. The first kappa shape index (κ1) is 22.7. The van der Waals surface area contributed by atoms with Crippen molar-refractivity contribution in [3.8, 4) is 0 Å². The maximum atomic E-state index is 11.0. The van der Waals surface area contributed by atoms with Crippen molar-refractivity contribution in [3.63, 3.8) is 0 Å². The second-order valence-corrected chi connectivity index (χ2v) is 3.91. The Morgan fingerprint density at radius 3 is 2.19 bits per heavy atom. The molecule has 1 unspecified atom stereocenters. The van der Waals surface area contributed by atoms with Gasteiger partial charge in [0.2, 0.25) is 0 Å². The van der Waals surface area contributed by atoms with Crippen molar-refractivity contribution >= 4 is 13.8 Å². The molecule has 6 nitrogen and oxygen atoms in total. The molecule has 0 saturated carbocycles. The van der Waals surface area contributed by atoms with E-state index in [0.717, 1.165) is 0 Å². The van der Waals surface area contributed by atoms with Gasteiger partial charge in [0.15, 0.2) is 0 Å². The van der Waals surface area contributed by atoms with Crippen molar-refractivity contribution in [2.24, 2.45) is 5.92 Å². The summed E-state index contributed by atoms with van der Waals surface area (Å²) in [5, 5.41) is 0. The molecule has 16 heavy (non-hydrogen) atoms. The number of carbonyl (C=O) groups is 1. The predicted octanol–water partition coefficient (Wildman–Crippen LogP) is -6.57.